The molecule has 0 saturated carbocycles. The van der Waals surface area contributed by atoms with Crippen LogP contribution in [-0.4, -0.2) is 47.5 Å². The standard InChI is InChI=1S/C29H30N2O6/c1-4-5-15-37-21-10-8-20(9-11-21)27(32)25-26(23-13-12-22(35-2)16-24(23)36-3)31(29(34)28(25)33)18-19-7-6-14-30-17-19/h6-14,16-17,26,32H,4-5,15,18H2,1-3H3/t26-/m1/s1. The highest BCUT2D eigenvalue weighted by Crippen LogP contribution is 2.44. The molecule has 2 heterocycles. The Labute approximate surface area is 216 Å². The summed E-state index contributed by atoms with van der Waals surface area (Å²) in [5.41, 5.74) is 1.68. The number of methoxy groups -OCH3 is 2. The van der Waals surface area contributed by atoms with Gasteiger partial charge in [-0.25, -0.2) is 0 Å². The molecule has 1 aliphatic rings. The van der Waals surface area contributed by atoms with E-state index in [-0.39, 0.29) is 17.9 Å². The minimum atomic E-state index is -0.887. The number of hydrogen-bond acceptors (Lipinski definition) is 7. The number of nitrogens with zero attached hydrogens (tertiary/aromatic N) is 2. The lowest BCUT2D eigenvalue weighted by Crippen LogP contribution is -2.29. The number of carbonyl (C=O) groups is 2. The van der Waals surface area contributed by atoms with Crippen LogP contribution in [-0.2, 0) is 16.1 Å². The Hall–Kier alpha value is -4.33. The van der Waals surface area contributed by atoms with Crippen LogP contribution in [0, 0.1) is 0 Å². The molecule has 0 aliphatic carbocycles. The predicted octanol–water partition coefficient (Wildman–Crippen LogP) is 4.90. The third-order valence-electron chi connectivity index (χ3n) is 6.25. The van der Waals surface area contributed by atoms with E-state index in [2.05, 4.69) is 11.9 Å². The van der Waals surface area contributed by atoms with Gasteiger partial charge in [0.05, 0.1) is 32.4 Å². The highest BCUT2D eigenvalue weighted by atomic mass is 16.5. The van der Waals surface area contributed by atoms with Crippen molar-refractivity contribution in [3.8, 4) is 17.2 Å². The molecule has 0 radical (unpaired) electrons. The van der Waals surface area contributed by atoms with Crippen molar-refractivity contribution >= 4 is 17.4 Å². The molecule has 1 atom stereocenters. The molecule has 1 saturated heterocycles. The molecule has 0 bridgehead atoms. The third kappa shape index (κ3) is 5.43. The monoisotopic (exact) mass is 502 g/mol. The number of amides is 1. The summed E-state index contributed by atoms with van der Waals surface area (Å²) in [5, 5.41) is 11.4. The van der Waals surface area contributed by atoms with Gasteiger partial charge in [-0.3, -0.25) is 14.6 Å². The highest BCUT2D eigenvalue weighted by Gasteiger charge is 2.47. The van der Waals surface area contributed by atoms with Crippen molar-refractivity contribution in [2.75, 3.05) is 20.8 Å². The average Bonchev–Trinajstić information content (AvgIpc) is 3.18. The Morgan fingerprint density at radius 1 is 1.03 bits per heavy atom. The fourth-order valence-electron chi connectivity index (χ4n) is 4.30. The number of benzene rings is 2. The second-order valence-electron chi connectivity index (χ2n) is 8.62. The average molecular weight is 503 g/mol. The Morgan fingerprint density at radius 3 is 2.43 bits per heavy atom. The molecule has 1 N–H and O–H groups in total. The first-order valence-corrected chi connectivity index (χ1v) is 12.1. The lowest BCUT2D eigenvalue weighted by molar-refractivity contribution is -0.140. The number of aromatic nitrogens is 1. The summed E-state index contributed by atoms with van der Waals surface area (Å²) in [7, 11) is 3.04. The van der Waals surface area contributed by atoms with Gasteiger partial charge in [0.25, 0.3) is 11.7 Å². The Bertz CT molecular complexity index is 1290. The summed E-state index contributed by atoms with van der Waals surface area (Å²) in [5.74, 6) is -0.109. The highest BCUT2D eigenvalue weighted by molar-refractivity contribution is 6.46. The van der Waals surface area contributed by atoms with E-state index in [1.165, 1.54) is 12.0 Å². The van der Waals surface area contributed by atoms with Crippen LogP contribution in [0.4, 0.5) is 0 Å². The second kappa shape index (κ2) is 11.6. The lowest BCUT2D eigenvalue weighted by atomic mass is 9.94. The molecule has 2 aromatic carbocycles. The van der Waals surface area contributed by atoms with Crippen molar-refractivity contribution in [1.82, 2.24) is 9.88 Å². The van der Waals surface area contributed by atoms with Crippen LogP contribution in [0.1, 0.15) is 42.5 Å². The summed E-state index contributed by atoms with van der Waals surface area (Å²) >= 11 is 0. The Morgan fingerprint density at radius 2 is 1.78 bits per heavy atom. The number of aliphatic hydroxyl groups is 1. The Kier molecular flexibility index (Phi) is 8.08. The van der Waals surface area contributed by atoms with E-state index in [0.29, 0.717) is 35.0 Å². The van der Waals surface area contributed by atoms with Crippen molar-refractivity contribution in [3.05, 3.63) is 89.3 Å². The van der Waals surface area contributed by atoms with Gasteiger partial charge < -0.3 is 24.2 Å². The van der Waals surface area contributed by atoms with Crippen molar-refractivity contribution in [2.45, 2.75) is 32.4 Å². The number of hydrogen-bond donors (Lipinski definition) is 1. The van der Waals surface area contributed by atoms with E-state index in [4.69, 9.17) is 14.2 Å². The SMILES string of the molecule is CCCCOc1ccc(C(O)=C2C(=O)C(=O)N(Cc3cccnc3)[C@@H]2c2ccc(OC)cc2OC)cc1. The number of carbonyl (C=O) groups excluding carboxylic acids is 2. The maximum Gasteiger partial charge on any atom is 0.295 e. The van der Waals surface area contributed by atoms with E-state index >= 15 is 0 Å². The summed E-state index contributed by atoms with van der Waals surface area (Å²) in [6, 6.07) is 14.7. The van der Waals surface area contributed by atoms with Crippen LogP contribution in [0.3, 0.4) is 0 Å². The van der Waals surface area contributed by atoms with Crippen molar-refractivity contribution in [3.63, 3.8) is 0 Å². The summed E-state index contributed by atoms with van der Waals surface area (Å²) in [6.45, 7) is 2.81. The number of Topliss-reactive ketones (excluding diaryl/α,β-unsaturated/α-hetero) is 1. The van der Waals surface area contributed by atoms with Crippen molar-refractivity contribution in [1.29, 1.82) is 0 Å². The minimum Gasteiger partial charge on any atom is -0.507 e. The van der Waals surface area contributed by atoms with Crippen LogP contribution in [0.5, 0.6) is 17.2 Å². The maximum absolute atomic E-state index is 13.4. The van der Waals surface area contributed by atoms with Gasteiger partial charge in [-0.15, -0.1) is 0 Å². The molecule has 37 heavy (non-hydrogen) atoms. The first-order chi connectivity index (χ1) is 18.0. The first kappa shape index (κ1) is 25.8. The molecular weight excluding hydrogens is 472 g/mol. The quantitative estimate of drug-likeness (QED) is 0.182. The lowest BCUT2D eigenvalue weighted by Gasteiger charge is -2.26. The van der Waals surface area contributed by atoms with Crippen LogP contribution in [0.25, 0.3) is 5.76 Å². The van der Waals surface area contributed by atoms with E-state index in [1.807, 2.05) is 6.07 Å². The summed E-state index contributed by atoms with van der Waals surface area (Å²) < 4.78 is 16.6. The van der Waals surface area contributed by atoms with Crippen LogP contribution < -0.4 is 14.2 Å². The van der Waals surface area contributed by atoms with Crippen molar-refractivity contribution < 1.29 is 28.9 Å². The number of likely N-dealkylation sites (tertiary alicyclic amines) is 1. The van der Waals surface area contributed by atoms with E-state index in [9.17, 15) is 14.7 Å². The van der Waals surface area contributed by atoms with Gasteiger partial charge in [0.2, 0.25) is 0 Å². The molecule has 0 unspecified atom stereocenters. The molecule has 8 heteroatoms. The zero-order valence-corrected chi connectivity index (χ0v) is 21.1. The molecule has 1 amide bonds. The summed E-state index contributed by atoms with van der Waals surface area (Å²) in [6.07, 6.45) is 5.23. The topological polar surface area (TPSA) is 98.2 Å². The number of ketones is 1. The zero-order chi connectivity index (χ0) is 26.4. The van der Waals surface area contributed by atoms with E-state index < -0.39 is 17.7 Å². The molecule has 8 nitrogen and oxygen atoms in total. The minimum absolute atomic E-state index is 0.0167. The van der Waals surface area contributed by atoms with Gasteiger partial charge >= 0.3 is 0 Å². The van der Waals surface area contributed by atoms with E-state index in [1.54, 1.807) is 68.0 Å². The van der Waals surface area contributed by atoms with E-state index in [0.717, 1.165) is 18.4 Å². The fourth-order valence-corrected chi connectivity index (χ4v) is 4.30. The molecule has 4 rings (SSSR count). The first-order valence-electron chi connectivity index (χ1n) is 12.1. The van der Waals surface area contributed by atoms with Gasteiger partial charge in [-0.2, -0.15) is 0 Å². The van der Waals surface area contributed by atoms with Crippen LogP contribution in [0.2, 0.25) is 0 Å². The number of ether oxygens (including phenoxy) is 3. The van der Waals surface area contributed by atoms with Gasteiger partial charge in [0, 0.05) is 36.1 Å². The molecule has 1 aromatic heterocycles. The maximum atomic E-state index is 13.4. The smallest absolute Gasteiger partial charge is 0.295 e. The number of aliphatic hydroxyl groups excluding tert-OH is 1. The summed E-state index contributed by atoms with van der Waals surface area (Å²) in [4.78, 5) is 32.2. The number of pyridine rings is 1. The van der Waals surface area contributed by atoms with Gasteiger partial charge in [-0.05, 0) is 54.4 Å². The number of unbranched alkanes of at least 4 members (excludes halogenated alkanes) is 1. The Balaban J connectivity index is 1.80. The van der Waals surface area contributed by atoms with Gasteiger partial charge in [0.15, 0.2) is 0 Å². The molecule has 3 aromatic rings. The fraction of sp³-hybridized carbons (Fsp3) is 0.276. The van der Waals surface area contributed by atoms with Gasteiger partial charge in [0.1, 0.15) is 23.0 Å². The van der Waals surface area contributed by atoms with Gasteiger partial charge in [-0.1, -0.05) is 19.4 Å². The molecular formula is C29H30N2O6. The second-order valence-corrected chi connectivity index (χ2v) is 8.62. The normalized spacial score (nSPS) is 16.6. The largest absolute Gasteiger partial charge is 0.507 e. The predicted molar refractivity (Wildman–Crippen MR) is 138 cm³/mol. The molecule has 192 valence electrons. The third-order valence-corrected chi connectivity index (χ3v) is 6.25. The zero-order valence-electron chi connectivity index (χ0n) is 21.1. The molecule has 1 fully saturated rings. The molecule has 1 aliphatic heterocycles. The van der Waals surface area contributed by atoms with Crippen LogP contribution >= 0.6 is 0 Å². The van der Waals surface area contributed by atoms with Crippen molar-refractivity contribution in [2.24, 2.45) is 0 Å². The van der Waals surface area contributed by atoms with Crippen LogP contribution in [0.15, 0.2) is 72.6 Å². The molecule has 0 spiro atoms. The number of rotatable bonds is 10.